The van der Waals surface area contributed by atoms with E-state index in [1.54, 1.807) is 6.08 Å². The lowest BCUT2D eigenvalue weighted by Crippen LogP contribution is -2.10. The standard InChI is InChI=1S/C13H14Br2O3/c1-8(13(17)18)2-5-11(16)6-9-3-4-10(14)7-12(9)15/h2-4,7,11,16H,5-6H2,1H3,(H,17,18). The summed E-state index contributed by atoms with van der Waals surface area (Å²) in [5.41, 5.74) is 1.25. The molecule has 0 fully saturated rings. The van der Waals surface area contributed by atoms with Crippen LogP contribution in [-0.4, -0.2) is 22.3 Å². The molecule has 2 N–H and O–H groups in total. The number of aliphatic carboxylic acids is 1. The summed E-state index contributed by atoms with van der Waals surface area (Å²) in [5.74, 6) is -0.952. The van der Waals surface area contributed by atoms with E-state index in [0.29, 0.717) is 12.8 Å². The van der Waals surface area contributed by atoms with Gasteiger partial charge in [0.2, 0.25) is 0 Å². The Balaban J connectivity index is 2.62. The smallest absolute Gasteiger partial charge is 0.330 e. The van der Waals surface area contributed by atoms with Gasteiger partial charge in [0.05, 0.1) is 6.10 Å². The summed E-state index contributed by atoms with van der Waals surface area (Å²) in [5, 5.41) is 18.6. The number of aliphatic hydroxyl groups is 1. The maximum Gasteiger partial charge on any atom is 0.330 e. The highest BCUT2D eigenvalue weighted by atomic mass is 79.9. The Labute approximate surface area is 123 Å². The van der Waals surface area contributed by atoms with Crippen LogP contribution in [0.15, 0.2) is 38.8 Å². The largest absolute Gasteiger partial charge is 0.478 e. The van der Waals surface area contributed by atoms with Crippen LogP contribution in [0.5, 0.6) is 0 Å². The van der Waals surface area contributed by atoms with Gasteiger partial charge in [-0.15, -0.1) is 0 Å². The number of benzene rings is 1. The number of halogens is 2. The number of aliphatic hydroxyl groups excluding tert-OH is 1. The molecule has 1 atom stereocenters. The predicted molar refractivity (Wildman–Crippen MR) is 77.6 cm³/mol. The van der Waals surface area contributed by atoms with E-state index in [2.05, 4.69) is 31.9 Å². The Morgan fingerprint density at radius 1 is 1.44 bits per heavy atom. The minimum absolute atomic E-state index is 0.254. The Hall–Kier alpha value is -0.650. The molecule has 0 saturated heterocycles. The Morgan fingerprint density at radius 2 is 2.11 bits per heavy atom. The SMILES string of the molecule is CC(=CCC(O)Cc1ccc(Br)cc1Br)C(=O)O. The minimum atomic E-state index is -0.952. The summed E-state index contributed by atoms with van der Waals surface area (Å²) in [6, 6.07) is 5.75. The van der Waals surface area contributed by atoms with E-state index in [1.165, 1.54) is 6.92 Å². The van der Waals surface area contributed by atoms with Gasteiger partial charge in [-0.2, -0.15) is 0 Å². The first kappa shape index (κ1) is 15.4. The fraction of sp³-hybridized carbons (Fsp3) is 0.308. The zero-order valence-corrected chi connectivity index (χ0v) is 13.0. The van der Waals surface area contributed by atoms with Crippen molar-refractivity contribution in [1.82, 2.24) is 0 Å². The second-order valence-electron chi connectivity index (χ2n) is 4.02. The van der Waals surface area contributed by atoms with Gasteiger partial charge < -0.3 is 10.2 Å². The number of carboxylic acids is 1. The van der Waals surface area contributed by atoms with Crippen molar-refractivity contribution in [3.63, 3.8) is 0 Å². The summed E-state index contributed by atoms with van der Waals surface area (Å²) >= 11 is 6.79. The second-order valence-corrected chi connectivity index (χ2v) is 5.79. The van der Waals surface area contributed by atoms with Gasteiger partial charge in [-0.3, -0.25) is 0 Å². The third-order valence-corrected chi connectivity index (χ3v) is 3.74. The van der Waals surface area contributed by atoms with Crippen molar-refractivity contribution < 1.29 is 15.0 Å². The van der Waals surface area contributed by atoms with E-state index in [-0.39, 0.29) is 5.57 Å². The third kappa shape index (κ3) is 4.92. The Morgan fingerprint density at radius 3 is 2.67 bits per heavy atom. The first-order valence-electron chi connectivity index (χ1n) is 5.42. The number of carbonyl (C=O) groups is 1. The number of hydrogen-bond acceptors (Lipinski definition) is 2. The minimum Gasteiger partial charge on any atom is -0.478 e. The number of hydrogen-bond donors (Lipinski definition) is 2. The first-order valence-corrected chi connectivity index (χ1v) is 7.00. The van der Waals surface area contributed by atoms with Crippen molar-refractivity contribution in [1.29, 1.82) is 0 Å². The lowest BCUT2D eigenvalue weighted by Gasteiger charge is -2.10. The lowest BCUT2D eigenvalue weighted by atomic mass is 10.0. The number of carboxylic acid groups (broad SMARTS) is 1. The molecule has 0 spiro atoms. The predicted octanol–water partition coefficient (Wildman–Crippen LogP) is 3.54. The summed E-state index contributed by atoms with van der Waals surface area (Å²) in [7, 11) is 0. The van der Waals surface area contributed by atoms with Gasteiger partial charge in [-0.1, -0.05) is 44.0 Å². The summed E-state index contributed by atoms with van der Waals surface area (Å²) in [6.45, 7) is 1.52. The van der Waals surface area contributed by atoms with E-state index >= 15 is 0 Å². The maximum absolute atomic E-state index is 10.6. The molecule has 0 saturated carbocycles. The molecule has 0 heterocycles. The van der Waals surface area contributed by atoms with Crippen LogP contribution in [0.2, 0.25) is 0 Å². The molecule has 0 bridgehead atoms. The van der Waals surface area contributed by atoms with Gasteiger partial charge in [-0.05, 0) is 37.5 Å². The maximum atomic E-state index is 10.6. The molecular weight excluding hydrogens is 364 g/mol. The molecule has 98 valence electrons. The van der Waals surface area contributed by atoms with Gasteiger partial charge in [0.25, 0.3) is 0 Å². The molecule has 3 nitrogen and oxygen atoms in total. The average molecular weight is 378 g/mol. The molecule has 1 aromatic rings. The molecule has 0 radical (unpaired) electrons. The monoisotopic (exact) mass is 376 g/mol. The molecule has 0 amide bonds. The molecule has 1 aromatic carbocycles. The van der Waals surface area contributed by atoms with E-state index in [9.17, 15) is 9.90 Å². The highest BCUT2D eigenvalue weighted by Gasteiger charge is 2.08. The molecule has 0 aliphatic carbocycles. The van der Waals surface area contributed by atoms with Gasteiger partial charge in [0, 0.05) is 14.5 Å². The van der Waals surface area contributed by atoms with Gasteiger partial charge >= 0.3 is 5.97 Å². The van der Waals surface area contributed by atoms with Crippen molar-refractivity contribution in [2.24, 2.45) is 0 Å². The molecule has 18 heavy (non-hydrogen) atoms. The molecular formula is C13H14Br2O3. The highest BCUT2D eigenvalue weighted by Crippen LogP contribution is 2.23. The second kappa shape index (κ2) is 7.07. The molecule has 0 aliphatic rings. The van der Waals surface area contributed by atoms with Crippen molar-refractivity contribution in [3.05, 3.63) is 44.4 Å². The Kier molecular flexibility index (Phi) is 6.05. The molecule has 1 unspecified atom stereocenters. The fourth-order valence-electron chi connectivity index (χ4n) is 1.42. The van der Waals surface area contributed by atoms with Crippen LogP contribution >= 0.6 is 31.9 Å². The molecule has 5 heteroatoms. The van der Waals surface area contributed by atoms with Crippen molar-refractivity contribution in [2.45, 2.75) is 25.9 Å². The van der Waals surface area contributed by atoms with Crippen LogP contribution in [0.1, 0.15) is 18.9 Å². The van der Waals surface area contributed by atoms with E-state index < -0.39 is 12.1 Å². The quantitative estimate of drug-likeness (QED) is 0.771. The lowest BCUT2D eigenvalue weighted by molar-refractivity contribution is -0.132. The molecule has 0 aliphatic heterocycles. The van der Waals surface area contributed by atoms with Crippen LogP contribution in [0.25, 0.3) is 0 Å². The zero-order chi connectivity index (χ0) is 13.7. The summed E-state index contributed by atoms with van der Waals surface area (Å²) in [4.78, 5) is 10.6. The summed E-state index contributed by atoms with van der Waals surface area (Å²) in [6.07, 6.45) is 1.77. The van der Waals surface area contributed by atoms with E-state index in [0.717, 1.165) is 14.5 Å². The first-order chi connectivity index (χ1) is 8.40. The van der Waals surface area contributed by atoms with Gasteiger partial charge in [0.1, 0.15) is 0 Å². The highest BCUT2D eigenvalue weighted by molar-refractivity contribution is 9.11. The van der Waals surface area contributed by atoms with Crippen LogP contribution in [0.3, 0.4) is 0 Å². The van der Waals surface area contributed by atoms with Crippen molar-refractivity contribution in [2.75, 3.05) is 0 Å². The number of rotatable bonds is 5. The normalized spacial score (nSPS) is 13.4. The van der Waals surface area contributed by atoms with Crippen molar-refractivity contribution in [3.8, 4) is 0 Å². The topological polar surface area (TPSA) is 57.5 Å². The van der Waals surface area contributed by atoms with Crippen LogP contribution in [0.4, 0.5) is 0 Å². The molecule has 1 rings (SSSR count). The average Bonchev–Trinajstić information content (AvgIpc) is 2.29. The fourth-order valence-corrected chi connectivity index (χ4v) is 2.63. The Bertz CT molecular complexity index is 469. The van der Waals surface area contributed by atoms with Gasteiger partial charge in [-0.25, -0.2) is 4.79 Å². The molecule has 0 aromatic heterocycles. The third-order valence-electron chi connectivity index (χ3n) is 2.50. The van der Waals surface area contributed by atoms with Crippen LogP contribution < -0.4 is 0 Å². The zero-order valence-electron chi connectivity index (χ0n) is 9.86. The van der Waals surface area contributed by atoms with Crippen molar-refractivity contribution >= 4 is 37.8 Å². The van der Waals surface area contributed by atoms with Crippen LogP contribution in [-0.2, 0) is 11.2 Å². The van der Waals surface area contributed by atoms with Gasteiger partial charge in [0.15, 0.2) is 0 Å². The van der Waals surface area contributed by atoms with Crippen LogP contribution in [0, 0.1) is 0 Å². The van der Waals surface area contributed by atoms with E-state index in [4.69, 9.17) is 5.11 Å². The summed E-state index contributed by atoms with van der Waals surface area (Å²) < 4.78 is 1.89. The van der Waals surface area contributed by atoms with E-state index in [1.807, 2.05) is 18.2 Å².